The van der Waals surface area contributed by atoms with E-state index in [1.54, 1.807) is 18.3 Å². The van der Waals surface area contributed by atoms with Crippen molar-refractivity contribution in [1.82, 2.24) is 10.3 Å². The summed E-state index contributed by atoms with van der Waals surface area (Å²) in [5.74, 6) is -0.464. The number of nitrogens with one attached hydrogen (secondary N) is 1. The van der Waals surface area contributed by atoms with Gasteiger partial charge < -0.3 is 10.1 Å². The minimum Gasteiger partial charge on any atom is -0.459 e. The van der Waals surface area contributed by atoms with Crippen molar-refractivity contribution < 1.29 is 14.3 Å². The monoisotopic (exact) mass is 298 g/mol. The molecule has 0 spiro atoms. The van der Waals surface area contributed by atoms with Gasteiger partial charge >= 0.3 is 5.97 Å². The van der Waals surface area contributed by atoms with Gasteiger partial charge in [0.25, 0.3) is 0 Å². The van der Waals surface area contributed by atoms with Crippen LogP contribution in [0.2, 0.25) is 0 Å². The van der Waals surface area contributed by atoms with Crippen LogP contribution < -0.4 is 5.32 Å². The second-order valence-corrected chi connectivity index (χ2v) is 4.74. The van der Waals surface area contributed by atoms with Crippen LogP contribution in [0.15, 0.2) is 54.7 Å². The van der Waals surface area contributed by atoms with E-state index in [4.69, 9.17) is 4.74 Å². The fraction of sp³-hybridized carbons (Fsp3) is 0.235. The molecule has 5 heteroatoms. The molecule has 0 bridgehead atoms. The first-order chi connectivity index (χ1) is 10.7. The third-order valence-corrected chi connectivity index (χ3v) is 2.97. The summed E-state index contributed by atoms with van der Waals surface area (Å²) in [6.45, 7) is 0.421. The Hall–Kier alpha value is -2.69. The number of ether oxygens (including phenoxy) is 1. The Bertz CT molecular complexity index is 600. The summed E-state index contributed by atoms with van der Waals surface area (Å²) in [6, 6.07) is 14.9. The number of nitrogens with zero attached hydrogens (tertiary/aromatic N) is 1. The molecule has 0 radical (unpaired) electrons. The lowest BCUT2D eigenvalue weighted by Gasteiger charge is -2.06. The highest BCUT2D eigenvalue weighted by molar-refractivity contribution is 5.79. The molecule has 2 aromatic rings. The number of hydrogen-bond donors (Lipinski definition) is 1. The largest absolute Gasteiger partial charge is 0.459 e. The lowest BCUT2D eigenvalue weighted by Crippen LogP contribution is -2.27. The van der Waals surface area contributed by atoms with Gasteiger partial charge in [0, 0.05) is 12.7 Å². The predicted octanol–water partition coefficient (Wildman–Crippen LogP) is 1.87. The summed E-state index contributed by atoms with van der Waals surface area (Å²) in [4.78, 5) is 27.3. The highest BCUT2D eigenvalue weighted by Crippen LogP contribution is 2.00. The van der Waals surface area contributed by atoms with Gasteiger partial charge in [-0.15, -0.1) is 0 Å². The number of rotatable bonds is 7. The van der Waals surface area contributed by atoms with Gasteiger partial charge in [0.05, 0.1) is 18.5 Å². The fourth-order valence-corrected chi connectivity index (χ4v) is 1.86. The third-order valence-electron chi connectivity index (χ3n) is 2.97. The Balaban J connectivity index is 1.61. The highest BCUT2D eigenvalue weighted by Gasteiger charge is 2.06. The maximum Gasteiger partial charge on any atom is 0.307 e. The van der Waals surface area contributed by atoms with Crippen LogP contribution in [0.25, 0.3) is 0 Å². The van der Waals surface area contributed by atoms with Crippen LogP contribution in [0.1, 0.15) is 17.7 Å². The van der Waals surface area contributed by atoms with Crippen LogP contribution in [0.3, 0.4) is 0 Å². The molecule has 5 nitrogen and oxygen atoms in total. The Kier molecular flexibility index (Phi) is 6.11. The molecule has 0 atom stereocenters. The maximum atomic E-state index is 11.7. The third kappa shape index (κ3) is 5.75. The highest BCUT2D eigenvalue weighted by atomic mass is 16.5. The van der Waals surface area contributed by atoms with Gasteiger partial charge in [-0.2, -0.15) is 0 Å². The lowest BCUT2D eigenvalue weighted by atomic mass is 10.1. The van der Waals surface area contributed by atoms with Crippen LogP contribution in [-0.2, 0) is 27.4 Å². The molecule has 1 heterocycles. The minimum atomic E-state index is -0.356. The molecule has 114 valence electrons. The van der Waals surface area contributed by atoms with E-state index in [0.717, 1.165) is 5.56 Å². The van der Waals surface area contributed by atoms with Crippen molar-refractivity contribution in [2.45, 2.75) is 19.4 Å². The number of carbonyl (C=O) groups excluding carboxylic acids is 2. The maximum absolute atomic E-state index is 11.7. The van der Waals surface area contributed by atoms with Crippen LogP contribution >= 0.6 is 0 Å². The molecular weight excluding hydrogens is 280 g/mol. The Labute approximate surface area is 129 Å². The minimum absolute atomic E-state index is 0.108. The van der Waals surface area contributed by atoms with E-state index in [0.29, 0.717) is 12.1 Å². The first-order valence-electron chi connectivity index (χ1n) is 7.10. The van der Waals surface area contributed by atoms with E-state index in [2.05, 4.69) is 10.3 Å². The first kappa shape index (κ1) is 15.7. The van der Waals surface area contributed by atoms with Gasteiger partial charge in [0.1, 0.15) is 6.61 Å². The van der Waals surface area contributed by atoms with Gasteiger partial charge in [-0.05, 0) is 17.7 Å². The summed E-state index contributed by atoms with van der Waals surface area (Å²) in [5, 5.41) is 2.70. The van der Waals surface area contributed by atoms with Crippen LogP contribution in [0.4, 0.5) is 0 Å². The standard InChI is InChI=1S/C17H18N2O3/c20-16(12-14-6-2-1-3-7-14)19-11-9-17(21)22-13-15-8-4-5-10-18-15/h1-8,10H,9,11-13H2,(H,19,20). The Morgan fingerprint density at radius 1 is 1.05 bits per heavy atom. The quantitative estimate of drug-likeness (QED) is 0.792. The number of pyridine rings is 1. The second kappa shape index (κ2) is 8.56. The average molecular weight is 298 g/mol. The molecule has 0 aliphatic carbocycles. The Morgan fingerprint density at radius 3 is 2.55 bits per heavy atom. The topological polar surface area (TPSA) is 68.3 Å². The van der Waals surface area contributed by atoms with E-state index in [1.165, 1.54) is 0 Å². The zero-order chi connectivity index (χ0) is 15.6. The number of hydrogen-bond acceptors (Lipinski definition) is 4. The molecule has 0 saturated carbocycles. The Morgan fingerprint density at radius 2 is 1.82 bits per heavy atom. The van der Waals surface area contributed by atoms with E-state index in [9.17, 15) is 9.59 Å². The summed E-state index contributed by atoms with van der Waals surface area (Å²) in [7, 11) is 0. The first-order valence-corrected chi connectivity index (χ1v) is 7.10. The normalized spacial score (nSPS) is 10.0. The zero-order valence-corrected chi connectivity index (χ0v) is 12.2. The fourth-order valence-electron chi connectivity index (χ4n) is 1.86. The predicted molar refractivity (Wildman–Crippen MR) is 81.8 cm³/mol. The van der Waals surface area contributed by atoms with Gasteiger partial charge in [-0.1, -0.05) is 36.4 Å². The molecule has 0 saturated heterocycles. The van der Waals surface area contributed by atoms with Crippen molar-refractivity contribution in [2.75, 3.05) is 6.54 Å². The SMILES string of the molecule is O=C(Cc1ccccc1)NCCC(=O)OCc1ccccn1. The molecular formula is C17H18N2O3. The van der Waals surface area contributed by atoms with E-state index < -0.39 is 0 Å². The molecule has 1 amide bonds. The van der Waals surface area contributed by atoms with Gasteiger partial charge in [0.2, 0.25) is 5.91 Å². The van der Waals surface area contributed by atoms with E-state index in [-0.39, 0.29) is 31.4 Å². The summed E-state index contributed by atoms with van der Waals surface area (Å²) >= 11 is 0. The number of esters is 1. The van der Waals surface area contributed by atoms with E-state index in [1.807, 2.05) is 36.4 Å². The smallest absolute Gasteiger partial charge is 0.307 e. The molecule has 1 aromatic heterocycles. The molecule has 2 rings (SSSR count). The number of carbonyl (C=O) groups is 2. The summed E-state index contributed by atoms with van der Waals surface area (Å²) in [5.41, 5.74) is 1.64. The van der Waals surface area contributed by atoms with Crippen molar-refractivity contribution in [1.29, 1.82) is 0 Å². The number of aromatic nitrogens is 1. The van der Waals surface area contributed by atoms with Crippen LogP contribution in [0, 0.1) is 0 Å². The van der Waals surface area contributed by atoms with Crippen molar-refractivity contribution in [3.63, 3.8) is 0 Å². The molecule has 0 unspecified atom stereocenters. The van der Waals surface area contributed by atoms with Gasteiger partial charge in [0.15, 0.2) is 0 Å². The number of benzene rings is 1. The lowest BCUT2D eigenvalue weighted by molar-refractivity contribution is -0.145. The molecule has 0 aliphatic heterocycles. The molecule has 0 fully saturated rings. The summed E-state index contributed by atoms with van der Waals surface area (Å²) < 4.78 is 5.08. The average Bonchev–Trinajstić information content (AvgIpc) is 2.55. The van der Waals surface area contributed by atoms with Crippen LogP contribution in [0.5, 0.6) is 0 Å². The van der Waals surface area contributed by atoms with Crippen LogP contribution in [-0.4, -0.2) is 23.4 Å². The second-order valence-electron chi connectivity index (χ2n) is 4.74. The molecule has 1 aromatic carbocycles. The molecule has 0 aliphatic rings. The van der Waals surface area contributed by atoms with Crippen molar-refractivity contribution in [3.8, 4) is 0 Å². The van der Waals surface area contributed by atoms with Gasteiger partial charge in [-0.25, -0.2) is 0 Å². The van der Waals surface area contributed by atoms with Crippen molar-refractivity contribution >= 4 is 11.9 Å². The zero-order valence-electron chi connectivity index (χ0n) is 12.2. The summed E-state index contributed by atoms with van der Waals surface area (Å²) in [6.07, 6.45) is 2.10. The molecule has 1 N–H and O–H groups in total. The van der Waals surface area contributed by atoms with Crippen molar-refractivity contribution in [3.05, 3.63) is 66.0 Å². The van der Waals surface area contributed by atoms with Crippen molar-refractivity contribution in [2.24, 2.45) is 0 Å². The number of amides is 1. The van der Waals surface area contributed by atoms with Gasteiger partial charge in [-0.3, -0.25) is 14.6 Å². The van der Waals surface area contributed by atoms with E-state index >= 15 is 0 Å². The molecule has 22 heavy (non-hydrogen) atoms.